The highest BCUT2D eigenvalue weighted by Gasteiger charge is 2.24. The number of nitrogens with one attached hydrogen (secondary N) is 2. The molecule has 0 saturated carbocycles. The maximum absolute atomic E-state index is 13.3. The Kier molecular flexibility index (Phi) is 9.96. The molecule has 1 unspecified atom stereocenters. The van der Waals surface area contributed by atoms with E-state index in [1.807, 2.05) is 74.1 Å². The number of nitrogens with zero attached hydrogens (tertiary/aromatic N) is 5. The quantitative estimate of drug-likeness (QED) is 0.0582. The van der Waals surface area contributed by atoms with E-state index in [1.54, 1.807) is 31.2 Å². The molecule has 2 aliphatic rings. The summed E-state index contributed by atoms with van der Waals surface area (Å²) < 4.78 is 9.65. The third-order valence-electron chi connectivity index (χ3n) is 8.79. The maximum atomic E-state index is 13.3. The van der Waals surface area contributed by atoms with Crippen LogP contribution in [0.2, 0.25) is 0 Å². The van der Waals surface area contributed by atoms with E-state index in [2.05, 4.69) is 20.9 Å². The van der Waals surface area contributed by atoms with Crippen LogP contribution in [0.4, 0.5) is 11.4 Å². The fourth-order valence-electron chi connectivity index (χ4n) is 5.84. The largest absolute Gasteiger partial charge is 0.478 e. The Hall–Kier alpha value is -6.96. The Morgan fingerprint density at radius 3 is 2.45 bits per heavy atom. The molecule has 0 radical (unpaired) electrons. The van der Waals surface area contributed by atoms with Crippen LogP contribution in [-0.2, 0) is 16.1 Å². The summed E-state index contributed by atoms with van der Waals surface area (Å²) in [5, 5.41) is 25.5. The van der Waals surface area contributed by atoms with Crippen molar-refractivity contribution in [2.75, 3.05) is 38.4 Å². The van der Waals surface area contributed by atoms with Gasteiger partial charge in [-0.15, -0.1) is 5.10 Å². The van der Waals surface area contributed by atoms with Crippen molar-refractivity contribution in [2.24, 2.45) is 0 Å². The lowest BCUT2D eigenvalue weighted by Crippen LogP contribution is -2.24. The minimum Gasteiger partial charge on any atom is -0.478 e. The summed E-state index contributed by atoms with van der Waals surface area (Å²) in [4.78, 5) is 63.5. The average Bonchev–Trinajstić information content (AvgIpc) is 3.63. The highest BCUT2D eigenvalue weighted by atomic mass is 16.4. The van der Waals surface area contributed by atoms with Crippen molar-refractivity contribution < 1.29 is 33.5 Å². The van der Waals surface area contributed by atoms with Gasteiger partial charge in [0.05, 0.1) is 24.4 Å². The Balaban J connectivity index is 1.24. The summed E-state index contributed by atoms with van der Waals surface area (Å²) in [5.41, 5.74) is 4.18. The van der Waals surface area contributed by atoms with Crippen molar-refractivity contribution in [1.82, 2.24) is 24.9 Å². The van der Waals surface area contributed by atoms with Gasteiger partial charge in [-0.05, 0) is 55.0 Å². The first-order valence-corrected chi connectivity index (χ1v) is 16.5. The van der Waals surface area contributed by atoms with E-state index in [0.29, 0.717) is 44.8 Å². The standard InChI is InChI=1S/C39H35N7O7/c1-22(37(49)41-25-8-6-7-23(15-25)33(48)21-47)46-20-26(42-43-46)19-40-38(50)24-9-12-29(32(16-24)39(51)52)36-30-13-10-27(44(2)3)17-34(30)53-35-18-28(45(4)5)11-14-31(35)36/h6-18,20-22H,19H2,1-5H3,(H2-,40,41,49,50,51,52)/p+1. The number of anilines is 2. The lowest BCUT2D eigenvalue weighted by molar-refractivity contribution is -0.119. The summed E-state index contributed by atoms with van der Waals surface area (Å²) in [6, 6.07) is 21.2. The van der Waals surface area contributed by atoms with Gasteiger partial charge in [0.25, 0.3) is 5.91 Å². The number of benzene rings is 4. The van der Waals surface area contributed by atoms with E-state index in [-0.39, 0.29) is 29.5 Å². The monoisotopic (exact) mass is 714 g/mol. The summed E-state index contributed by atoms with van der Waals surface area (Å²) in [6.07, 6.45) is 1.70. The predicted octanol–water partition coefficient (Wildman–Crippen LogP) is 4.10. The van der Waals surface area contributed by atoms with Crippen molar-refractivity contribution in [3.63, 3.8) is 0 Å². The molecule has 2 heterocycles. The summed E-state index contributed by atoms with van der Waals surface area (Å²) in [6.45, 7) is 1.54. The molecule has 53 heavy (non-hydrogen) atoms. The van der Waals surface area contributed by atoms with Crippen LogP contribution >= 0.6 is 0 Å². The molecule has 1 aliphatic carbocycles. The van der Waals surface area contributed by atoms with Gasteiger partial charge in [0.1, 0.15) is 37.2 Å². The minimum atomic E-state index is -1.20. The molecule has 4 aromatic rings. The first-order valence-electron chi connectivity index (χ1n) is 16.5. The number of carbonyl (C=O) groups excluding carboxylic acids is 4. The van der Waals surface area contributed by atoms with Crippen LogP contribution in [0.25, 0.3) is 33.4 Å². The average molecular weight is 715 g/mol. The SMILES string of the molecule is CC(C(=O)Nc1cccc(C(=O)C=O)c1)n1cc(CNC(=O)c2ccc(-c3c4ccc(=[N+](C)C)cc-4oc4cc(N(C)C)ccc34)c(C(=O)O)c2)nn1. The van der Waals surface area contributed by atoms with Crippen LogP contribution < -0.4 is 25.5 Å². The molecule has 0 fully saturated rings. The zero-order valence-electron chi connectivity index (χ0n) is 29.6. The lowest BCUT2D eigenvalue weighted by Gasteiger charge is -2.19. The van der Waals surface area contributed by atoms with Gasteiger partial charge in [0.15, 0.2) is 6.29 Å². The van der Waals surface area contributed by atoms with Gasteiger partial charge in [-0.1, -0.05) is 23.4 Å². The van der Waals surface area contributed by atoms with Crippen molar-refractivity contribution in [2.45, 2.75) is 19.5 Å². The number of hydrogen-bond acceptors (Lipinski definition) is 9. The van der Waals surface area contributed by atoms with Gasteiger partial charge >= 0.3 is 5.97 Å². The lowest BCUT2D eigenvalue weighted by atomic mass is 9.89. The normalized spacial score (nSPS) is 11.6. The first kappa shape index (κ1) is 35.9. The fraction of sp³-hybridized carbons (Fsp3) is 0.179. The number of aldehydes is 1. The molecule has 14 heteroatoms. The van der Waals surface area contributed by atoms with E-state index >= 15 is 0 Å². The molecule has 3 N–H and O–H groups in total. The van der Waals surface area contributed by atoms with E-state index < -0.39 is 29.6 Å². The highest BCUT2D eigenvalue weighted by Crippen LogP contribution is 2.42. The second kappa shape index (κ2) is 14.7. The molecular formula is C39H36N7O7+. The second-order valence-corrected chi connectivity index (χ2v) is 12.8. The second-order valence-electron chi connectivity index (χ2n) is 12.8. The number of Topliss-reactive ketones (excluding diaryl/α,β-unsaturated/α-hetero) is 1. The van der Waals surface area contributed by atoms with Gasteiger partial charge in [0.2, 0.25) is 17.0 Å². The Bertz CT molecular complexity index is 2480. The van der Waals surface area contributed by atoms with Crippen molar-refractivity contribution >= 4 is 52.2 Å². The fourth-order valence-corrected chi connectivity index (χ4v) is 5.84. The van der Waals surface area contributed by atoms with Crippen LogP contribution in [-0.4, -0.2) is 78.1 Å². The zero-order chi connectivity index (χ0) is 38.0. The van der Waals surface area contributed by atoms with Gasteiger partial charge < -0.3 is 25.1 Å². The number of carbonyl (C=O) groups is 5. The third-order valence-corrected chi connectivity index (χ3v) is 8.79. The van der Waals surface area contributed by atoms with Crippen LogP contribution in [0.3, 0.4) is 0 Å². The number of carboxylic acids is 1. The van der Waals surface area contributed by atoms with E-state index in [0.717, 1.165) is 11.0 Å². The van der Waals surface area contributed by atoms with Crippen LogP contribution in [0.5, 0.6) is 0 Å². The van der Waals surface area contributed by atoms with Gasteiger partial charge in [0, 0.05) is 65.2 Å². The van der Waals surface area contributed by atoms with Crippen molar-refractivity contribution in [3.05, 3.63) is 113 Å². The number of amides is 2. The smallest absolute Gasteiger partial charge is 0.336 e. The number of aromatic carboxylic acids is 1. The first-order chi connectivity index (χ1) is 25.3. The molecule has 2 amide bonds. The van der Waals surface area contributed by atoms with Crippen LogP contribution in [0.15, 0.2) is 89.5 Å². The van der Waals surface area contributed by atoms with Crippen molar-refractivity contribution in [3.8, 4) is 22.5 Å². The molecule has 3 aromatic carbocycles. The number of ketones is 1. The summed E-state index contributed by atoms with van der Waals surface area (Å²) in [5.74, 6) is -2.32. The third kappa shape index (κ3) is 7.42. The predicted molar refractivity (Wildman–Crippen MR) is 198 cm³/mol. The molecule has 0 spiro atoms. The highest BCUT2D eigenvalue weighted by molar-refractivity contribution is 6.33. The Labute approximate surface area is 303 Å². The topological polar surface area (TPSA) is 180 Å². The van der Waals surface area contributed by atoms with Crippen molar-refractivity contribution in [1.29, 1.82) is 0 Å². The molecular weight excluding hydrogens is 678 g/mol. The molecule has 0 bridgehead atoms. The van der Waals surface area contributed by atoms with Gasteiger partial charge in [-0.25, -0.2) is 14.1 Å². The summed E-state index contributed by atoms with van der Waals surface area (Å²) >= 11 is 0. The molecule has 268 valence electrons. The maximum Gasteiger partial charge on any atom is 0.336 e. The van der Waals surface area contributed by atoms with E-state index in [4.69, 9.17) is 4.42 Å². The van der Waals surface area contributed by atoms with E-state index in [9.17, 15) is 29.1 Å². The van der Waals surface area contributed by atoms with Crippen LogP contribution in [0.1, 0.15) is 49.7 Å². The molecule has 0 saturated heterocycles. The molecule has 1 atom stereocenters. The number of carboxylic acid groups (broad SMARTS) is 1. The number of hydrogen-bond donors (Lipinski definition) is 3. The molecule has 1 aliphatic heterocycles. The minimum absolute atomic E-state index is 0.0505. The Morgan fingerprint density at radius 2 is 1.74 bits per heavy atom. The summed E-state index contributed by atoms with van der Waals surface area (Å²) in [7, 11) is 7.70. The van der Waals surface area contributed by atoms with Gasteiger partial charge in [-0.3, -0.25) is 19.2 Å². The molecule has 14 nitrogen and oxygen atoms in total. The molecule has 1 aromatic heterocycles. The zero-order valence-corrected chi connectivity index (χ0v) is 29.6. The van der Waals surface area contributed by atoms with Gasteiger partial charge in [-0.2, -0.15) is 0 Å². The van der Waals surface area contributed by atoms with Crippen LogP contribution in [0, 0.1) is 0 Å². The number of fused-ring (bicyclic) bond motifs is 2. The Morgan fingerprint density at radius 1 is 0.962 bits per heavy atom. The van der Waals surface area contributed by atoms with E-state index in [1.165, 1.54) is 29.1 Å². The number of rotatable bonds is 11. The number of aromatic nitrogens is 3. The molecule has 6 rings (SSSR count).